The van der Waals surface area contributed by atoms with Crippen molar-refractivity contribution < 1.29 is 19.5 Å². The zero-order valence-corrected chi connectivity index (χ0v) is 27.2. The van der Waals surface area contributed by atoms with E-state index in [2.05, 4.69) is 37.9 Å². The van der Waals surface area contributed by atoms with Gasteiger partial charge in [0.25, 0.3) is 0 Å². The average molecular weight is 542 g/mol. The number of nitrogens with zero attached hydrogens (tertiary/aromatic N) is 2. The van der Waals surface area contributed by atoms with E-state index < -0.39 is 17.4 Å². The van der Waals surface area contributed by atoms with E-state index in [4.69, 9.17) is 5.11 Å². The van der Waals surface area contributed by atoms with Gasteiger partial charge in [-0.05, 0) is 44.6 Å². The molecule has 226 valence electrons. The molecule has 0 aromatic rings. The van der Waals surface area contributed by atoms with Gasteiger partial charge in [-0.15, -0.1) is 0 Å². The molecule has 1 aliphatic rings. The topological polar surface area (TPSA) is 90.0 Å². The van der Waals surface area contributed by atoms with Gasteiger partial charge < -0.3 is 15.3 Å². The van der Waals surface area contributed by atoms with Gasteiger partial charge in [0.2, 0.25) is 11.8 Å². The summed E-state index contributed by atoms with van der Waals surface area (Å²) in [5, 5.41) is 12.0. The van der Waals surface area contributed by atoms with Crippen LogP contribution in [0.25, 0.3) is 0 Å². The predicted octanol–water partition coefficient (Wildman–Crippen LogP) is 6.91. The quantitative estimate of drug-likeness (QED) is 0.293. The number of carboxylic acids is 1. The van der Waals surface area contributed by atoms with Crippen molar-refractivity contribution >= 4 is 17.8 Å². The highest BCUT2D eigenvalue weighted by molar-refractivity contribution is 5.90. The molecule has 0 aliphatic carbocycles. The van der Waals surface area contributed by atoms with E-state index in [9.17, 15) is 14.4 Å². The second-order valence-corrected chi connectivity index (χ2v) is 10.6. The first-order valence-corrected chi connectivity index (χ1v) is 15.0. The first-order chi connectivity index (χ1) is 17.8. The zero-order chi connectivity index (χ0) is 30.5. The van der Waals surface area contributed by atoms with Gasteiger partial charge in [-0.25, -0.2) is 0 Å². The van der Waals surface area contributed by atoms with Crippen molar-refractivity contribution in [2.75, 3.05) is 20.1 Å². The molecule has 2 amide bonds. The van der Waals surface area contributed by atoms with E-state index in [0.29, 0.717) is 18.2 Å². The Morgan fingerprint density at radius 3 is 1.95 bits per heavy atom. The van der Waals surface area contributed by atoms with Crippen LogP contribution in [0, 0.1) is 5.41 Å². The Morgan fingerprint density at radius 1 is 1.03 bits per heavy atom. The number of rotatable bonds is 10. The molecule has 0 radical (unpaired) electrons. The molecule has 1 fully saturated rings. The number of hydrogen-bond donors (Lipinski definition) is 2. The van der Waals surface area contributed by atoms with Crippen LogP contribution in [-0.4, -0.2) is 71.0 Å². The summed E-state index contributed by atoms with van der Waals surface area (Å²) in [6.45, 7) is 25.4. The van der Waals surface area contributed by atoms with Crippen LogP contribution in [0.4, 0.5) is 0 Å². The van der Waals surface area contributed by atoms with Crippen LogP contribution in [0.2, 0.25) is 0 Å². The van der Waals surface area contributed by atoms with E-state index in [1.807, 2.05) is 48.5 Å². The number of hydrogen-bond acceptors (Lipinski definition) is 4. The Kier molecular flexibility index (Phi) is 24.6. The summed E-state index contributed by atoms with van der Waals surface area (Å²) in [6, 6.07) is -0.465. The third-order valence-corrected chi connectivity index (χ3v) is 6.18. The second-order valence-electron chi connectivity index (χ2n) is 10.6. The van der Waals surface area contributed by atoms with Crippen molar-refractivity contribution in [3.05, 3.63) is 11.6 Å². The maximum atomic E-state index is 13.3. The minimum Gasteiger partial charge on any atom is -0.481 e. The summed E-state index contributed by atoms with van der Waals surface area (Å²) in [5.41, 5.74) is 0.251. The van der Waals surface area contributed by atoms with Crippen LogP contribution >= 0.6 is 0 Å². The minimum absolute atomic E-state index is 0.0466. The van der Waals surface area contributed by atoms with Crippen molar-refractivity contribution in [1.29, 1.82) is 0 Å². The van der Waals surface area contributed by atoms with Crippen LogP contribution in [0.1, 0.15) is 128 Å². The van der Waals surface area contributed by atoms with E-state index in [-0.39, 0.29) is 24.3 Å². The number of carboxylic acid groups (broad SMARTS) is 1. The van der Waals surface area contributed by atoms with E-state index >= 15 is 0 Å². The third-order valence-electron chi connectivity index (χ3n) is 6.18. The molecular weight excluding hydrogens is 478 g/mol. The first kappa shape index (κ1) is 40.6. The number of carbonyl (C=O) groups is 3. The molecule has 1 unspecified atom stereocenters. The van der Waals surface area contributed by atoms with Crippen molar-refractivity contribution in [3.63, 3.8) is 0 Å². The number of piperidine rings is 1. The lowest BCUT2D eigenvalue weighted by atomic mass is 9.85. The lowest BCUT2D eigenvalue weighted by Gasteiger charge is -2.41. The SMILES string of the molecule is CC.CC.CCC.CCC(CC)N1CCCC[C@@H]1C(=O)NC(C(=O)N(C)C/C=C(\C)CC(=O)O)C(C)(C)C. The normalized spacial score (nSPS) is 16.5. The zero-order valence-electron chi connectivity index (χ0n) is 27.2. The van der Waals surface area contributed by atoms with Crippen LogP contribution in [0.5, 0.6) is 0 Å². The standard InChI is InChI=1S/C24H43N3O4.C3H8.2C2H6/c1-8-18(9-2)27-14-11-10-12-19(27)22(30)25-21(24(4,5)6)23(31)26(7)15-13-17(3)16-20(28)29;1-3-2;2*1-2/h13,18-19,21H,8-12,14-16H2,1-7H3,(H,25,30)(H,28,29);3H2,1-2H3;2*1-2H3/b17-13+;;;/t19-,21?;;;/m1.../s1. The van der Waals surface area contributed by atoms with E-state index in [0.717, 1.165) is 38.6 Å². The number of likely N-dealkylation sites (N-methyl/N-ethyl adjacent to an activating group) is 1. The molecule has 1 aliphatic heterocycles. The number of carbonyl (C=O) groups excluding carboxylic acids is 2. The van der Waals surface area contributed by atoms with E-state index in [1.54, 1.807) is 24.9 Å². The summed E-state index contributed by atoms with van der Waals surface area (Å²) in [5.74, 6) is -1.12. The maximum Gasteiger partial charge on any atom is 0.307 e. The molecule has 7 nitrogen and oxygen atoms in total. The largest absolute Gasteiger partial charge is 0.481 e. The smallest absolute Gasteiger partial charge is 0.307 e. The molecule has 0 saturated carbocycles. The van der Waals surface area contributed by atoms with Gasteiger partial charge >= 0.3 is 5.97 Å². The molecule has 0 aromatic heterocycles. The fraction of sp³-hybridized carbons (Fsp3) is 0.839. The predicted molar refractivity (Wildman–Crippen MR) is 162 cm³/mol. The molecule has 2 atom stereocenters. The molecule has 0 spiro atoms. The molecule has 0 aromatic carbocycles. The Morgan fingerprint density at radius 2 is 1.53 bits per heavy atom. The molecule has 1 saturated heterocycles. The summed E-state index contributed by atoms with van der Waals surface area (Å²) >= 11 is 0. The molecular formula is C31H63N3O4. The summed E-state index contributed by atoms with van der Waals surface area (Å²) < 4.78 is 0. The number of amides is 2. The lowest BCUT2D eigenvalue weighted by Crippen LogP contribution is -2.60. The van der Waals surface area contributed by atoms with Gasteiger partial charge in [0.1, 0.15) is 6.04 Å². The molecule has 1 heterocycles. The Hall–Kier alpha value is -1.89. The number of aliphatic carboxylic acids is 1. The van der Waals surface area contributed by atoms with Gasteiger partial charge in [-0.1, -0.05) is 101 Å². The molecule has 7 heteroatoms. The lowest BCUT2D eigenvalue weighted by molar-refractivity contribution is -0.140. The van der Waals surface area contributed by atoms with Crippen LogP contribution in [0.3, 0.4) is 0 Å². The number of likely N-dealkylation sites (tertiary alicyclic amines) is 1. The monoisotopic (exact) mass is 541 g/mol. The Labute approximate surface area is 235 Å². The van der Waals surface area contributed by atoms with Crippen LogP contribution < -0.4 is 5.32 Å². The molecule has 0 bridgehead atoms. The van der Waals surface area contributed by atoms with Gasteiger partial charge in [0.05, 0.1) is 12.5 Å². The van der Waals surface area contributed by atoms with Crippen LogP contribution in [0.15, 0.2) is 11.6 Å². The molecule has 1 rings (SSSR count). The average Bonchev–Trinajstić information content (AvgIpc) is 2.88. The fourth-order valence-corrected chi connectivity index (χ4v) is 4.23. The number of nitrogens with one attached hydrogen (secondary N) is 1. The maximum absolute atomic E-state index is 13.3. The van der Waals surface area contributed by atoms with Crippen molar-refractivity contribution in [2.45, 2.75) is 146 Å². The van der Waals surface area contributed by atoms with Gasteiger partial charge in [-0.2, -0.15) is 0 Å². The van der Waals surface area contributed by atoms with Gasteiger partial charge in [0, 0.05) is 19.6 Å². The second kappa shape index (κ2) is 23.0. The third kappa shape index (κ3) is 16.2. The minimum atomic E-state index is -0.892. The summed E-state index contributed by atoms with van der Waals surface area (Å²) in [4.78, 5) is 41.3. The van der Waals surface area contributed by atoms with E-state index in [1.165, 1.54) is 6.42 Å². The Balaban J connectivity index is -0.00000159. The molecule has 2 N–H and O–H groups in total. The summed E-state index contributed by atoms with van der Waals surface area (Å²) in [7, 11) is 1.69. The van der Waals surface area contributed by atoms with Crippen molar-refractivity contribution in [2.24, 2.45) is 5.41 Å². The highest BCUT2D eigenvalue weighted by atomic mass is 16.4. The highest BCUT2D eigenvalue weighted by Crippen LogP contribution is 2.25. The highest BCUT2D eigenvalue weighted by Gasteiger charge is 2.38. The summed E-state index contributed by atoms with van der Waals surface area (Å²) in [6.07, 6.45) is 7.92. The van der Waals surface area contributed by atoms with Crippen molar-refractivity contribution in [1.82, 2.24) is 15.1 Å². The fourth-order valence-electron chi connectivity index (χ4n) is 4.23. The van der Waals surface area contributed by atoms with Gasteiger partial charge in [0.15, 0.2) is 0 Å². The van der Waals surface area contributed by atoms with Crippen molar-refractivity contribution in [3.8, 4) is 0 Å². The molecule has 38 heavy (non-hydrogen) atoms. The Bertz CT molecular complexity index is 667. The first-order valence-electron chi connectivity index (χ1n) is 15.0. The van der Waals surface area contributed by atoms with Gasteiger partial charge in [-0.3, -0.25) is 19.3 Å². The van der Waals surface area contributed by atoms with Crippen LogP contribution in [-0.2, 0) is 14.4 Å².